The number of nitrogens with one attached hydrogen (secondary N) is 1. The number of hydrogen-bond donors (Lipinski definition) is 3. The Morgan fingerprint density at radius 3 is 2.14 bits per heavy atom. The van der Waals surface area contributed by atoms with E-state index in [9.17, 15) is 13.5 Å². The standard InChI is InChI=1S/C15H25NO3.C6H6O3S/c1-12(2)16-10-14(17)11-19-15-6-4-13(5-7-15)8-9-18-3;7-10(8,9)6-4-2-1-3-5-6/h4-7,12,14,16-17H,8-11H2,1-3H3;1-5H,(H,7,8,9)/t14-;/m0./s1. The van der Waals surface area contributed by atoms with Gasteiger partial charge in [-0.2, -0.15) is 8.42 Å². The fourth-order valence-electron chi connectivity index (χ4n) is 2.19. The van der Waals surface area contributed by atoms with Gasteiger partial charge in [0.15, 0.2) is 0 Å². The van der Waals surface area contributed by atoms with Crippen LogP contribution < -0.4 is 10.1 Å². The van der Waals surface area contributed by atoms with Crippen molar-refractivity contribution >= 4 is 10.1 Å². The zero-order valence-electron chi connectivity index (χ0n) is 17.1. The summed E-state index contributed by atoms with van der Waals surface area (Å²) < 4.78 is 39.8. The smallest absolute Gasteiger partial charge is 0.294 e. The summed E-state index contributed by atoms with van der Waals surface area (Å²) in [6.07, 6.45) is 0.410. The average molecular weight is 426 g/mol. The van der Waals surface area contributed by atoms with Gasteiger partial charge in [-0.05, 0) is 36.2 Å². The predicted octanol–water partition coefficient (Wildman–Crippen LogP) is 2.55. The Kier molecular flexibility index (Phi) is 11.5. The molecule has 7 nitrogen and oxygen atoms in total. The highest BCUT2D eigenvalue weighted by molar-refractivity contribution is 7.85. The van der Waals surface area contributed by atoms with Crippen molar-refractivity contribution in [1.82, 2.24) is 5.32 Å². The molecule has 0 unspecified atom stereocenters. The molecule has 2 rings (SSSR count). The van der Waals surface area contributed by atoms with Gasteiger partial charge in [-0.3, -0.25) is 4.55 Å². The second kappa shape index (κ2) is 13.3. The van der Waals surface area contributed by atoms with E-state index in [0.29, 0.717) is 19.2 Å². The zero-order chi connectivity index (χ0) is 21.7. The lowest BCUT2D eigenvalue weighted by atomic mass is 10.1. The third-order valence-electron chi connectivity index (χ3n) is 3.76. The van der Waals surface area contributed by atoms with E-state index in [1.54, 1.807) is 25.3 Å². The van der Waals surface area contributed by atoms with Gasteiger partial charge in [0.05, 0.1) is 11.5 Å². The van der Waals surface area contributed by atoms with Crippen LogP contribution in [0, 0.1) is 0 Å². The molecule has 0 aromatic heterocycles. The first-order chi connectivity index (χ1) is 13.7. The molecule has 2 aromatic carbocycles. The molecule has 0 radical (unpaired) electrons. The quantitative estimate of drug-likeness (QED) is 0.503. The Morgan fingerprint density at radius 1 is 1.03 bits per heavy atom. The second-order valence-corrected chi connectivity index (χ2v) is 8.12. The Hall–Kier alpha value is -1.97. The van der Waals surface area contributed by atoms with Gasteiger partial charge in [0.1, 0.15) is 18.5 Å². The first-order valence-electron chi connectivity index (χ1n) is 9.37. The van der Waals surface area contributed by atoms with Crippen LogP contribution in [0.3, 0.4) is 0 Å². The van der Waals surface area contributed by atoms with Gasteiger partial charge in [0.25, 0.3) is 10.1 Å². The molecule has 0 aliphatic carbocycles. The molecule has 0 saturated heterocycles. The predicted molar refractivity (Wildman–Crippen MR) is 113 cm³/mol. The number of aliphatic hydroxyl groups is 1. The minimum Gasteiger partial charge on any atom is -0.491 e. The molecule has 0 spiro atoms. The average Bonchev–Trinajstić information content (AvgIpc) is 2.70. The van der Waals surface area contributed by atoms with Gasteiger partial charge < -0.3 is 19.9 Å². The van der Waals surface area contributed by atoms with Crippen molar-refractivity contribution in [3.8, 4) is 5.75 Å². The molecule has 0 bridgehead atoms. The minimum absolute atomic E-state index is 0.0741. The van der Waals surface area contributed by atoms with Crippen molar-refractivity contribution < 1.29 is 27.6 Å². The summed E-state index contributed by atoms with van der Waals surface area (Å²) in [7, 11) is -2.30. The van der Waals surface area contributed by atoms with Gasteiger partial charge in [-0.1, -0.05) is 44.2 Å². The summed E-state index contributed by atoms with van der Waals surface area (Å²) in [5, 5.41) is 12.9. The summed E-state index contributed by atoms with van der Waals surface area (Å²) in [6.45, 7) is 5.67. The largest absolute Gasteiger partial charge is 0.491 e. The van der Waals surface area contributed by atoms with Gasteiger partial charge in [-0.25, -0.2) is 0 Å². The third kappa shape index (κ3) is 11.6. The highest BCUT2D eigenvalue weighted by atomic mass is 32.2. The number of aliphatic hydroxyl groups excluding tert-OH is 1. The van der Waals surface area contributed by atoms with Crippen LogP contribution in [0.15, 0.2) is 59.5 Å². The fraction of sp³-hybridized carbons (Fsp3) is 0.429. The first-order valence-corrected chi connectivity index (χ1v) is 10.8. The Morgan fingerprint density at radius 2 is 1.66 bits per heavy atom. The van der Waals surface area contributed by atoms with E-state index in [1.807, 2.05) is 38.1 Å². The molecule has 3 N–H and O–H groups in total. The van der Waals surface area contributed by atoms with E-state index in [-0.39, 0.29) is 4.90 Å². The first kappa shape index (κ1) is 25.1. The van der Waals surface area contributed by atoms with E-state index < -0.39 is 16.2 Å². The molecule has 0 amide bonds. The van der Waals surface area contributed by atoms with Crippen molar-refractivity contribution in [2.24, 2.45) is 0 Å². The molecular weight excluding hydrogens is 394 g/mol. The van der Waals surface area contributed by atoms with E-state index in [2.05, 4.69) is 5.32 Å². The summed E-state index contributed by atoms with van der Waals surface area (Å²) in [5.41, 5.74) is 1.22. The van der Waals surface area contributed by atoms with Crippen LogP contribution in [0.4, 0.5) is 0 Å². The summed E-state index contributed by atoms with van der Waals surface area (Å²) in [6, 6.07) is 15.7. The minimum atomic E-state index is -4.00. The van der Waals surface area contributed by atoms with Gasteiger partial charge >= 0.3 is 0 Å². The molecule has 0 aliphatic heterocycles. The Labute approximate surface area is 173 Å². The highest BCUT2D eigenvalue weighted by Crippen LogP contribution is 2.13. The monoisotopic (exact) mass is 425 g/mol. The molecule has 0 aliphatic rings. The maximum Gasteiger partial charge on any atom is 0.294 e. The van der Waals surface area contributed by atoms with Gasteiger partial charge in [-0.15, -0.1) is 0 Å². The highest BCUT2D eigenvalue weighted by Gasteiger charge is 2.06. The SMILES string of the molecule is COCCc1ccc(OC[C@@H](O)CNC(C)C)cc1.O=S(=O)(O)c1ccccc1. The van der Waals surface area contributed by atoms with E-state index in [0.717, 1.165) is 18.8 Å². The van der Waals surface area contributed by atoms with E-state index >= 15 is 0 Å². The molecule has 29 heavy (non-hydrogen) atoms. The fourth-order valence-corrected chi connectivity index (χ4v) is 2.69. The molecule has 8 heteroatoms. The van der Waals surface area contributed by atoms with Crippen molar-refractivity contribution in [2.45, 2.75) is 37.3 Å². The molecule has 162 valence electrons. The van der Waals surface area contributed by atoms with Crippen LogP contribution in [0.1, 0.15) is 19.4 Å². The van der Waals surface area contributed by atoms with Crippen molar-refractivity contribution in [2.75, 3.05) is 26.9 Å². The topological polar surface area (TPSA) is 105 Å². The zero-order valence-corrected chi connectivity index (χ0v) is 17.9. The number of methoxy groups -OCH3 is 1. The third-order valence-corrected chi connectivity index (χ3v) is 4.63. The maximum atomic E-state index is 10.4. The lowest BCUT2D eigenvalue weighted by Gasteiger charge is -2.15. The van der Waals surface area contributed by atoms with Crippen molar-refractivity contribution in [1.29, 1.82) is 0 Å². The summed E-state index contributed by atoms with van der Waals surface area (Å²) in [5.74, 6) is 0.782. The normalized spacial score (nSPS) is 12.2. The van der Waals surface area contributed by atoms with Gasteiger partial charge in [0.2, 0.25) is 0 Å². The van der Waals surface area contributed by atoms with E-state index in [4.69, 9.17) is 14.0 Å². The molecule has 0 fully saturated rings. The van der Waals surface area contributed by atoms with E-state index in [1.165, 1.54) is 17.7 Å². The maximum absolute atomic E-state index is 10.4. The van der Waals surface area contributed by atoms with Gasteiger partial charge in [0, 0.05) is 19.7 Å². The molecule has 2 aromatic rings. The lowest BCUT2D eigenvalue weighted by Crippen LogP contribution is -2.35. The number of benzene rings is 2. The number of ether oxygens (including phenoxy) is 2. The Bertz CT molecular complexity index is 779. The van der Waals surface area contributed by atoms with Crippen molar-refractivity contribution in [3.63, 3.8) is 0 Å². The van der Waals surface area contributed by atoms with Crippen LogP contribution in [0.2, 0.25) is 0 Å². The Balaban J connectivity index is 0.000000352. The summed E-state index contributed by atoms with van der Waals surface area (Å²) >= 11 is 0. The van der Waals surface area contributed by atoms with Crippen LogP contribution in [-0.4, -0.2) is 57.1 Å². The molecule has 0 saturated carbocycles. The van der Waals surface area contributed by atoms with Crippen molar-refractivity contribution in [3.05, 3.63) is 60.2 Å². The number of hydrogen-bond acceptors (Lipinski definition) is 6. The summed E-state index contributed by atoms with van der Waals surface area (Å²) in [4.78, 5) is -0.0741. The van der Waals surface area contributed by atoms with Crippen LogP contribution in [0.5, 0.6) is 5.75 Å². The van der Waals surface area contributed by atoms with Crippen LogP contribution >= 0.6 is 0 Å². The molecule has 1 atom stereocenters. The molecular formula is C21H31NO6S. The van der Waals surface area contributed by atoms with Crippen LogP contribution in [-0.2, 0) is 21.3 Å². The molecule has 0 heterocycles. The lowest BCUT2D eigenvalue weighted by molar-refractivity contribution is 0.104. The second-order valence-electron chi connectivity index (χ2n) is 6.70. The van der Waals surface area contributed by atoms with Crippen LogP contribution in [0.25, 0.3) is 0 Å². The number of rotatable bonds is 10.